The maximum absolute atomic E-state index is 16.6. The normalized spacial score (nSPS) is 30.7. The molecule has 0 aromatic carbocycles. The Morgan fingerprint density at radius 3 is 0.982 bits per heavy atom. The fraction of sp³-hybridized carbons (Fsp3) is 0.688. The molecule has 0 amide bonds. The van der Waals surface area contributed by atoms with Crippen LogP contribution in [0.3, 0.4) is 0 Å². The summed E-state index contributed by atoms with van der Waals surface area (Å²) in [5.41, 5.74) is 2.35. The van der Waals surface area contributed by atoms with Gasteiger partial charge in [0.15, 0.2) is 0 Å². The molecular formula is C48H72N3O4P. The van der Waals surface area contributed by atoms with Crippen LogP contribution in [0, 0.1) is 71.0 Å². The molecule has 0 saturated heterocycles. The van der Waals surface area contributed by atoms with Gasteiger partial charge in [0.05, 0.1) is 17.1 Å². The first-order chi connectivity index (χ1) is 26.8. The molecule has 0 unspecified atom stereocenters. The summed E-state index contributed by atoms with van der Waals surface area (Å²) >= 11 is 0. The Morgan fingerprint density at radius 1 is 0.464 bits per heavy atom. The van der Waals surface area contributed by atoms with Gasteiger partial charge in [0.1, 0.15) is 18.3 Å². The number of hydrogen-bond acceptors (Lipinski definition) is 7. The van der Waals surface area contributed by atoms with Crippen LogP contribution in [-0.4, -0.2) is 15.0 Å². The lowest BCUT2D eigenvalue weighted by Crippen LogP contribution is -2.36. The van der Waals surface area contributed by atoms with Crippen LogP contribution in [0.5, 0.6) is 0 Å². The van der Waals surface area contributed by atoms with Crippen LogP contribution >= 0.6 is 7.82 Å². The zero-order chi connectivity index (χ0) is 40.0. The molecule has 3 aliphatic rings. The molecule has 3 fully saturated rings. The second kappa shape index (κ2) is 19.5. The van der Waals surface area contributed by atoms with E-state index < -0.39 is 26.1 Å². The maximum Gasteiger partial charge on any atom is 0.476 e. The van der Waals surface area contributed by atoms with E-state index in [1.165, 1.54) is 19.3 Å². The highest BCUT2D eigenvalue weighted by Gasteiger charge is 2.50. The topological polar surface area (TPSA) is 83.4 Å². The molecule has 0 aliphatic heterocycles. The highest BCUT2D eigenvalue weighted by Crippen LogP contribution is 2.65. The van der Waals surface area contributed by atoms with Gasteiger partial charge in [-0.3, -0.25) is 28.5 Å². The molecule has 8 heteroatoms. The molecule has 56 heavy (non-hydrogen) atoms. The predicted octanol–water partition coefficient (Wildman–Crippen LogP) is 13.7. The number of rotatable bonds is 15. The molecule has 0 spiro atoms. The molecule has 308 valence electrons. The van der Waals surface area contributed by atoms with Crippen molar-refractivity contribution in [2.75, 3.05) is 0 Å². The number of aromatic nitrogens is 3. The van der Waals surface area contributed by atoms with Gasteiger partial charge in [-0.1, -0.05) is 99.8 Å². The monoisotopic (exact) mass is 786 g/mol. The SMILES string of the molecule is CC(C)[C@@H]1CC[C@@H](C)C[C@@H]1[C@@H](OP(=O)(O[C@@H](c1ccccn1)[C@H]1C[C@H](C)CC[C@H]1C(C)C)O[C@@H](c1ccccn1)[C@H]1C[C@H](C)CC[C@H]1C(C)C)c1ccccn1. The Bertz CT molecular complexity index is 1460. The molecule has 3 aliphatic carbocycles. The van der Waals surface area contributed by atoms with Gasteiger partial charge in [0.25, 0.3) is 0 Å². The summed E-state index contributed by atoms with van der Waals surface area (Å²) < 4.78 is 38.6. The second-order valence-corrected chi connectivity index (χ2v) is 20.8. The summed E-state index contributed by atoms with van der Waals surface area (Å²) in [5.74, 6) is 4.22. The zero-order valence-corrected chi connectivity index (χ0v) is 36.8. The van der Waals surface area contributed by atoms with Crippen LogP contribution in [0.4, 0.5) is 0 Å². The van der Waals surface area contributed by atoms with Crippen molar-refractivity contribution in [2.24, 2.45) is 71.0 Å². The summed E-state index contributed by atoms with van der Waals surface area (Å²) in [4.78, 5) is 14.8. The average Bonchev–Trinajstić information content (AvgIpc) is 3.19. The minimum Gasteiger partial charge on any atom is -0.277 e. The molecule has 3 heterocycles. The molecule has 3 aromatic rings. The van der Waals surface area contributed by atoms with Crippen molar-refractivity contribution in [3.63, 3.8) is 0 Å². The van der Waals surface area contributed by atoms with Gasteiger partial charge in [0, 0.05) is 18.6 Å². The molecule has 12 atom stereocenters. The van der Waals surface area contributed by atoms with Crippen molar-refractivity contribution in [1.82, 2.24) is 15.0 Å². The van der Waals surface area contributed by atoms with Gasteiger partial charge in [-0.05, 0) is 146 Å². The van der Waals surface area contributed by atoms with Crippen molar-refractivity contribution in [3.8, 4) is 0 Å². The van der Waals surface area contributed by atoms with E-state index in [0.717, 1.165) is 55.6 Å². The van der Waals surface area contributed by atoms with Crippen LogP contribution in [-0.2, 0) is 18.1 Å². The predicted molar refractivity (Wildman–Crippen MR) is 226 cm³/mol. The lowest BCUT2D eigenvalue weighted by molar-refractivity contribution is -0.0615. The number of phosphoric acid groups is 1. The molecule has 7 nitrogen and oxygen atoms in total. The van der Waals surface area contributed by atoms with E-state index in [1.54, 1.807) is 0 Å². The molecule has 6 rings (SSSR count). The summed E-state index contributed by atoms with van der Waals surface area (Å²) in [7, 11) is -4.43. The zero-order valence-electron chi connectivity index (χ0n) is 35.9. The van der Waals surface area contributed by atoms with Crippen molar-refractivity contribution in [3.05, 3.63) is 90.3 Å². The number of nitrogens with zero attached hydrogens (tertiary/aromatic N) is 3. The summed E-state index contributed by atoms with van der Waals surface area (Å²) in [6.07, 6.45) is 13.5. The van der Waals surface area contributed by atoms with E-state index in [0.29, 0.717) is 53.3 Å². The summed E-state index contributed by atoms with van der Waals surface area (Å²) in [6.45, 7) is 20.9. The van der Waals surface area contributed by atoms with Crippen LogP contribution in [0.25, 0.3) is 0 Å². The Morgan fingerprint density at radius 2 is 0.750 bits per heavy atom. The third kappa shape index (κ3) is 10.6. The number of hydrogen-bond donors (Lipinski definition) is 0. The first-order valence-corrected chi connectivity index (χ1v) is 23.7. The van der Waals surface area contributed by atoms with Gasteiger partial charge in [0.2, 0.25) is 0 Å². The van der Waals surface area contributed by atoms with Crippen molar-refractivity contribution in [1.29, 1.82) is 0 Å². The van der Waals surface area contributed by atoms with Crippen molar-refractivity contribution < 1.29 is 18.1 Å². The highest BCUT2D eigenvalue weighted by molar-refractivity contribution is 7.48. The van der Waals surface area contributed by atoms with Gasteiger partial charge in [-0.2, -0.15) is 0 Å². The smallest absolute Gasteiger partial charge is 0.277 e. The number of phosphoric ester groups is 1. The molecule has 0 bridgehead atoms. The van der Waals surface area contributed by atoms with Crippen LogP contribution in [0.2, 0.25) is 0 Å². The van der Waals surface area contributed by atoms with Gasteiger partial charge < -0.3 is 0 Å². The van der Waals surface area contributed by atoms with Gasteiger partial charge in [-0.15, -0.1) is 0 Å². The lowest BCUT2D eigenvalue weighted by Gasteiger charge is -2.45. The highest BCUT2D eigenvalue weighted by atomic mass is 31.2. The molecular weight excluding hydrogens is 714 g/mol. The summed E-state index contributed by atoms with van der Waals surface area (Å²) in [6, 6.07) is 18.0. The maximum atomic E-state index is 16.6. The largest absolute Gasteiger partial charge is 0.476 e. The molecule has 0 N–H and O–H groups in total. The minimum atomic E-state index is -4.43. The van der Waals surface area contributed by atoms with Crippen LogP contribution < -0.4 is 0 Å². The van der Waals surface area contributed by atoms with Crippen molar-refractivity contribution >= 4 is 7.82 Å². The first kappa shape index (κ1) is 43.1. The van der Waals surface area contributed by atoms with E-state index >= 15 is 4.57 Å². The Kier molecular flexibility index (Phi) is 15.1. The van der Waals surface area contributed by atoms with E-state index in [9.17, 15) is 0 Å². The lowest BCUT2D eigenvalue weighted by atomic mass is 9.67. The molecule has 3 aromatic heterocycles. The average molecular weight is 786 g/mol. The Labute approximate surface area is 339 Å². The van der Waals surface area contributed by atoms with E-state index in [-0.39, 0.29) is 17.8 Å². The molecule has 3 saturated carbocycles. The standard InChI is InChI=1S/C48H72N3O4P/c1-31(2)37-22-19-34(7)28-40(37)46(43-16-10-13-25-49-43)53-56(52,54-47(44-17-11-14-26-50-44)41-29-35(8)20-23-38(41)32(3)4)55-48(45-18-12-15-27-51-45)42-30-36(9)21-24-39(42)33(5)6/h10-18,25-27,31-42,46-48H,19-24,28-30H2,1-9H3/t34-,35-,36-,37+,38+,39+,40+,41+,42+,46-,47-,48-/m1/s1. The van der Waals surface area contributed by atoms with Gasteiger partial charge >= 0.3 is 7.82 Å². The van der Waals surface area contributed by atoms with E-state index in [4.69, 9.17) is 28.5 Å². The van der Waals surface area contributed by atoms with Crippen LogP contribution in [0.1, 0.15) is 155 Å². The fourth-order valence-corrected chi connectivity index (χ4v) is 12.8. The Balaban J connectivity index is 1.52. The van der Waals surface area contributed by atoms with Crippen LogP contribution in [0.15, 0.2) is 73.2 Å². The minimum absolute atomic E-state index is 0.0898. The summed E-state index contributed by atoms with van der Waals surface area (Å²) in [5, 5.41) is 0. The fourth-order valence-electron chi connectivity index (χ4n) is 11.1. The quantitative estimate of drug-likeness (QED) is 0.142. The Hall–Kier alpha value is -2.44. The van der Waals surface area contributed by atoms with Crippen molar-refractivity contribution in [2.45, 2.75) is 138 Å². The third-order valence-electron chi connectivity index (χ3n) is 14.1. The molecule has 0 radical (unpaired) electrons. The van der Waals surface area contributed by atoms with E-state index in [1.807, 2.05) is 73.2 Å². The first-order valence-electron chi connectivity index (χ1n) is 22.2. The van der Waals surface area contributed by atoms with Gasteiger partial charge in [-0.25, -0.2) is 4.57 Å². The van der Waals surface area contributed by atoms with E-state index in [2.05, 4.69) is 62.3 Å². The third-order valence-corrected chi connectivity index (χ3v) is 15.5. The second-order valence-electron chi connectivity index (χ2n) is 19.3. The number of pyridine rings is 3.